The minimum atomic E-state index is -0.548. The molecule has 0 bridgehead atoms. The zero-order valence-corrected chi connectivity index (χ0v) is 16.1. The standard InChI is InChI=1S/C23H28N2O2/c1-23(2)16-24-15-19(17-9-5-3-6-10-17)13-14-20(24)22(25(26)27)21(23)18-11-7-4-8-12-18/h3-12,19-22H,13-16H2,1-2H3. The number of nitro groups is 1. The van der Waals surface area contributed by atoms with Crippen LogP contribution in [0.5, 0.6) is 0 Å². The van der Waals surface area contributed by atoms with Crippen molar-refractivity contribution in [3.63, 3.8) is 0 Å². The second kappa shape index (κ2) is 7.08. The molecular weight excluding hydrogens is 336 g/mol. The number of hydrogen-bond acceptors (Lipinski definition) is 3. The fourth-order valence-electron chi connectivity index (χ4n) is 5.51. The van der Waals surface area contributed by atoms with E-state index in [1.165, 1.54) is 5.56 Å². The van der Waals surface area contributed by atoms with Crippen LogP contribution in [0.25, 0.3) is 0 Å². The predicted octanol–water partition coefficient (Wildman–Crippen LogP) is 4.70. The van der Waals surface area contributed by atoms with Crippen LogP contribution in [0.2, 0.25) is 0 Å². The third-order valence-electron chi connectivity index (χ3n) is 6.60. The van der Waals surface area contributed by atoms with Crippen LogP contribution in [0, 0.1) is 15.5 Å². The van der Waals surface area contributed by atoms with Gasteiger partial charge in [0, 0.05) is 18.0 Å². The molecule has 2 heterocycles. The molecule has 0 amide bonds. The zero-order chi connectivity index (χ0) is 19.0. The Labute approximate surface area is 161 Å². The predicted molar refractivity (Wildman–Crippen MR) is 108 cm³/mol. The maximum absolute atomic E-state index is 12.2. The minimum absolute atomic E-state index is 0.000906. The first-order valence-electron chi connectivity index (χ1n) is 9.95. The summed E-state index contributed by atoms with van der Waals surface area (Å²) in [6, 6.07) is 20.2. The van der Waals surface area contributed by atoms with E-state index >= 15 is 0 Å². The molecule has 2 aromatic carbocycles. The average Bonchev–Trinajstić information content (AvgIpc) is 2.67. The Hall–Kier alpha value is -2.20. The zero-order valence-electron chi connectivity index (χ0n) is 16.1. The number of piperidine rings is 2. The number of benzene rings is 2. The van der Waals surface area contributed by atoms with Gasteiger partial charge in [-0.25, -0.2) is 0 Å². The molecular formula is C23H28N2O2. The van der Waals surface area contributed by atoms with Gasteiger partial charge in [-0.15, -0.1) is 0 Å². The van der Waals surface area contributed by atoms with Gasteiger partial charge >= 0.3 is 0 Å². The van der Waals surface area contributed by atoms with Gasteiger partial charge in [0.1, 0.15) is 0 Å². The maximum atomic E-state index is 12.2. The minimum Gasteiger partial charge on any atom is -0.293 e. The van der Waals surface area contributed by atoms with Gasteiger partial charge in [-0.05, 0) is 35.3 Å². The van der Waals surface area contributed by atoms with Crippen molar-refractivity contribution in [2.24, 2.45) is 5.41 Å². The third kappa shape index (κ3) is 3.39. The molecule has 2 saturated heterocycles. The summed E-state index contributed by atoms with van der Waals surface area (Å²) in [6.45, 7) is 6.22. The van der Waals surface area contributed by atoms with E-state index < -0.39 is 6.04 Å². The summed E-state index contributed by atoms with van der Waals surface area (Å²) in [5, 5.41) is 12.2. The lowest BCUT2D eigenvalue weighted by Crippen LogP contribution is -2.63. The van der Waals surface area contributed by atoms with E-state index in [0.717, 1.165) is 31.5 Å². The van der Waals surface area contributed by atoms with Crippen molar-refractivity contribution in [3.8, 4) is 0 Å². The average molecular weight is 364 g/mol. The first-order valence-corrected chi connectivity index (χ1v) is 9.95. The van der Waals surface area contributed by atoms with Crippen molar-refractivity contribution in [2.75, 3.05) is 13.1 Å². The van der Waals surface area contributed by atoms with Crippen LogP contribution in [0.3, 0.4) is 0 Å². The van der Waals surface area contributed by atoms with Crippen molar-refractivity contribution in [1.29, 1.82) is 0 Å². The van der Waals surface area contributed by atoms with Crippen molar-refractivity contribution in [1.82, 2.24) is 4.90 Å². The molecule has 0 aliphatic carbocycles. The highest BCUT2D eigenvalue weighted by molar-refractivity contribution is 5.27. The van der Waals surface area contributed by atoms with Crippen LogP contribution in [0.15, 0.2) is 60.7 Å². The number of nitrogens with zero attached hydrogens (tertiary/aromatic N) is 2. The van der Waals surface area contributed by atoms with Gasteiger partial charge in [0.2, 0.25) is 6.04 Å². The summed E-state index contributed by atoms with van der Waals surface area (Å²) in [5.74, 6) is 0.419. The molecule has 142 valence electrons. The van der Waals surface area contributed by atoms with E-state index in [0.29, 0.717) is 5.92 Å². The second-order valence-electron chi connectivity index (χ2n) is 8.83. The molecule has 27 heavy (non-hydrogen) atoms. The van der Waals surface area contributed by atoms with Crippen LogP contribution >= 0.6 is 0 Å². The molecule has 0 aromatic heterocycles. The molecule has 4 heteroatoms. The summed E-state index contributed by atoms with van der Waals surface area (Å²) in [6.07, 6.45) is 1.92. The molecule has 4 atom stereocenters. The lowest BCUT2D eigenvalue weighted by molar-refractivity contribution is -0.543. The normalized spacial score (nSPS) is 30.4. The molecule has 0 N–H and O–H groups in total. The van der Waals surface area contributed by atoms with E-state index in [-0.39, 0.29) is 22.3 Å². The summed E-state index contributed by atoms with van der Waals surface area (Å²) < 4.78 is 0. The number of hydrogen-bond donors (Lipinski definition) is 0. The molecule has 4 rings (SSSR count). The molecule has 0 saturated carbocycles. The van der Waals surface area contributed by atoms with Crippen molar-refractivity contribution >= 4 is 0 Å². The fourth-order valence-corrected chi connectivity index (χ4v) is 5.51. The highest BCUT2D eigenvalue weighted by atomic mass is 16.6. The summed E-state index contributed by atoms with van der Waals surface area (Å²) >= 11 is 0. The second-order valence-corrected chi connectivity index (χ2v) is 8.83. The SMILES string of the molecule is CC1(C)CN2CC(c3ccccc3)CCC2C([N+](=O)[O-])C1c1ccccc1. The third-order valence-corrected chi connectivity index (χ3v) is 6.60. The fraction of sp³-hybridized carbons (Fsp3) is 0.478. The Morgan fingerprint density at radius 2 is 1.56 bits per heavy atom. The Morgan fingerprint density at radius 3 is 2.15 bits per heavy atom. The Kier molecular flexibility index (Phi) is 4.77. The van der Waals surface area contributed by atoms with Gasteiger partial charge < -0.3 is 0 Å². The highest BCUT2D eigenvalue weighted by Gasteiger charge is 2.55. The maximum Gasteiger partial charge on any atom is 0.235 e. The van der Waals surface area contributed by atoms with Crippen LogP contribution in [-0.4, -0.2) is 35.0 Å². The van der Waals surface area contributed by atoms with E-state index in [2.05, 4.69) is 55.1 Å². The van der Waals surface area contributed by atoms with E-state index in [1.807, 2.05) is 24.3 Å². The quantitative estimate of drug-likeness (QED) is 0.586. The first kappa shape index (κ1) is 18.2. The molecule has 4 unspecified atom stereocenters. The van der Waals surface area contributed by atoms with Crippen LogP contribution in [0.4, 0.5) is 0 Å². The molecule has 0 spiro atoms. The van der Waals surface area contributed by atoms with Crippen molar-refractivity contribution in [2.45, 2.75) is 50.6 Å². The lowest BCUT2D eigenvalue weighted by Gasteiger charge is -2.52. The molecule has 2 aliphatic heterocycles. The molecule has 2 aromatic rings. The van der Waals surface area contributed by atoms with Gasteiger partial charge in [-0.3, -0.25) is 15.0 Å². The first-order chi connectivity index (χ1) is 13.0. The van der Waals surface area contributed by atoms with E-state index in [1.54, 1.807) is 0 Å². The summed E-state index contributed by atoms with van der Waals surface area (Å²) in [5.41, 5.74) is 2.32. The summed E-state index contributed by atoms with van der Waals surface area (Å²) in [7, 11) is 0. The van der Waals surface area contributed by atoms with Crippen LogP contribution in [-0.2, 0) is 0 Å². The molecule has 2 aliphatic rings. The molecule has 0 radical (unpaired) electrons. The highest BCUT2D eigenvalue weighted by Crippen LogP contribution is 2.48. The van der Waals surface area contributed by atoms with Crippen molar-refractivity contribution < 1.29 is 4.92 Å². The molecule has 4 nitrogen and oxygen atoms in total. The number of fused-ring (bicyclic) bond motifs is 1. The Morgan fingerprint density at radius 1 is 0.963 bits per heavy atom. The van der Waals surface area contributed by atoms with Gasteiger partial charge in [0.05, 0.1) is 12.0 Å². The van der Waals surface area contributed by atoms with Crippen LogP contribution < -0.4 is 0 Å². The van der Waals surface area contributed by atoms with E-state index in [4.69, 9.17) is 0 Å². The van der Waals surface area contributed by atoms with Gasteiger partial charge in [-0.1, -0.05) is 74.5 Å². The smallest absolute Gasteiger partial charge is 0.235 e. The lowest BCUT2D eigenvalue weighted by atomic mass is 9.64. The van der Waals surface area contributed by atoms with Gasteiger partial charge in [0.15, 0.2) is 0 Å². The monoisotopic (exact) mass is 364 g/mol. The molecule has 2 fully saturated rings. The van der Waals surface area contributed by atoms with Crippen molar-refractivity contribution in [3.05, 3.63) is 81.9 Å². The number of rotatable bonds is 3. The van der Waals surface area contributed by atoms with Crippen LogP contribution in [0.1, 0.15) is 49.7 Å². The van der Waals surface area contributed by atoms with E-state index in [9.17, 15) is 10.1 Å². The Bertz CT molecular complexity index is 791. The van der Waals surface area contributed by atoms with Gasteiger partial charge in [0.25, 0.3) is 0 Å². The summed E-state index contributed by atoms with van der Waals surface area (Å²) in [4.78, 5) is 14.6. The topological polar surface area (TPSA) is 46.4 Å². The van der Waals surface area contributed by atoms with Gasteiger partial charge in [-0.2, -0.15) is 0 Å². The largest absolute Gasteiger partial charge is 0.293 e. The Balaban J connectivity index is 1.65.